The van der Waals surface area contributed by atoms with Gasteiger partial charge in [-0.2, -0.15) is 0 Å². The van der Waals surface area contributed by atoms with Gasteiger partial charge in [-0.25, -0.2) is 0 Å². The Bertz CT molecular complexity index is 762. The summed E-state index contributed by atoms with van der Waals surface area (Å²) < 4.78 is 46.4. The van der Waals surface area contributed by atoms with Crippen LogP contribution in [-0.4, -0.2) is 42.1 Å². The second kappa shape index (κ2) is 5.94. The van der Waals surface area contributed by atoms with E-state index in [4.69, 9.17) is 4.74 Å². The number of halogens is 3. The number of piperidine rings is 1. The summed E-state index contributed by atoms with van der Waals surface area (Å²) in [4.78, 5) is 37.1. The Kier molecular flexibility index (Phi) is 4.05. The standard InChI is InChI=1S/C15H13F3N2O5/c1-24-12-9(25-15(16,17)18)4-2-7-6-20(14(23)11(7)12)8-3-5-10(21)19-13(8)22/h2,4,8H,3,5-6H2,1H3,(H,19,21,22). The van der Waals surface area contributed by atoms with Crippen LogP contribution in [0.1, 0.15) is 28.8 Å². The zero-order valence-electron chi connectivity index (χ0n) is 13.0. The molecule has 134 valence electrons. The van der Waals surface area contributed by atoms with E-state index in [0.29, 0.717) is 5.56 Å². The molecule has 1 unspecified atom stereocenters. The number of nitrogens with one attached hydrogen (secondary N) is 1. The van der Waals surface area contributed by atoms with Crippen molar-refractivity contribution in [2.45, 2.75) is 31.8 Å². The lowest BCUT2D eigenvalue weighted by Gasteiger charge is -2.29. The van der Waals surface area contributed by atoms with Gasteiger partial charge >= 0.3 is 6.36 Å². The molecular weight excluding hydrogens is 345 g/mol. The van der Waals surface area contributed by atoms with Gasteiger partial charge in [0.1, 0.15) is 6.04 Å². The number of ether oxygens (including phenoxy) is 2. The Morgan fingerprint density at radius 3 is 2.56 bits per heavy atom. The maximum absolute atomic E-state index is 12.7. The lowest BCUT2D eigenvalue weighted by Crippen LogP contribution is -2.52. The number of carbonyl (C=O) groups excluding carboxylic acids is 3. The molecule has 1 aromatic carbocycles. The zero-order chi connectivity index (χ0) is 18.4. The van der Waals surface area contributed by atoms with Gasteiger partial charge < -0.3 is 14.4 Å². The van der Waals surface area contributed by atoms with E-state index in [2.05, 4.69) is 10.1 Å². The molecule has 7 nitrogen and oxygen atoms in total. The highest BCUT2D eigenvalue weighted by Gasteiger charge is 2.42. The van der Waals surface area contributed by atoms with E-state index in [1.54, 1.807) is 0 Å². The quantitative estimate of drug-likeness (QED) is 0.825. The summed E-state index contributed by atoms with van der Waals surface area (Å²) in [7, 11) is 1.13. The number of nitrogens with zero attached hydrogens (tertiary/aromatic N) is 1. The number of rotatable bonds is 3. The summed E-state index contributed by atoms with van der Waals surface area (Å²) in [5.41, 5.74) is 0.343. The topological polar surface area (TPSA) is 84.9 Å². The minimum atomic E-state index is -4.94. The molecule has 25 heavy (non-hydrogen) atoms. The maximum atomic E-state index is 12.7. The van der Waals surface area contributed by atoms with Crippen molar-refractivity contribution in [1.29, 1.82) is 0 Å². The van der Waals surface area contributed by atoms with Crippen molar-refractivity contribution in [3.63, 3.8) is 0 Å². The van der Waals surface area contributed by atoms with Crippen molar-refractivity contribution in [3.05, 3.63) is 23.3 Å². The molecule has 2 aliphatic heterocycles. The van der Waals surface area contributed by atoms with E-state index >= 15 is 0 Å². The number of benzene rings is 1. The molecule has 1 N–H and O–H groups in total. The summed E-state index contributed by atoms with van der Waals surface area (Å²) in [5, 5.41) is 2.15. The van der Waals surface area contributed by atoms with Gasteiger partial charge in [-0.05, 0) is 18.1 Å². The van der Waals surface area contributed by atoms with E-state index in [-0.39, 0.29) is 30.7 Å². The van der Waals surface area contributed by atoms with Crippen LogP contribution >= 0.6 is 0 Å². The first-order valence-electron chi connectivity index (χ1n) is 7.31. The van der Waals surface area contributed by atoms with Crippen molar-refractivity contribution in [1.82, 2.24) is 10.2 Å². The van der Waals surface area contributed by atoms with Crippen LogP contribution in [0.15, 0.2) is 12.1 Å². The monoisotopic (exact) mass is 358 g/mol. The third-order valence-electron chi connectivity index (χ3n) is 4.04. The summed E-state index contributed by atoms with van der Waals surface area (Å²) in [6.07, 6.45) is -4.71. The van der Waals surface area contributed by atoms with Crippen LogP contribution in [0, 0.1) is 0 Å². The Balaban J connectivity index is 1.94. The third-order valence-corrected chi connectivity index (χ3v) is 4.04. The lowest BCUT2D eigenvalue weighted by molar-refractivity contribution is -0.275. The third kappa shape index (κ3) is 3.11. The predicted octanol–water partition coefficient (Wildman–Crippen LogP) is 1.35. The maximum Gasteiger partial charge on any atom is 0.573 e. The van der Waals surface area contributed by atoms with E-state index in [0.717, 1.165) is 13.2 Å². The highest BCUT2D eigenvalue weighted by atomic mass is 19.4. The number of imide groups is 1. The molecule has 10 heteroatoms. The van der Waals surface area contributed by atoms with Crippen molar-refractivity contribution in [2.75, 3.05) is 7.11 Å². The first-order valence-corrected chi connectivity index (χ1v) is 7.31. The SMILES string of the molecule is COc1c(OC(F)(F)F)ccc2c1C(=O)N(C1CCC(=O)NC1=O)C2. The second-order valence-electron chi connectivity index (χ2n) is 5.58. The van der Waals surface area contributed by atoms with Crippen LogP contribution in [0.3, 0.4) is 0 Å². The lowest BCUT2D eigenvalue weighted by atomic mass is 10.0. The average molecular weight is 358 g/mol. The van der Waals surface area contributed by atoms with Crippen LogP contribution < -0.4 is 14.8 Å². The minimum Gasteiger partial charge on any atom is -0.492 e. The molecule has 1 fully saturated rings. The van der Waals surface area contributed by atoms with Crippen LogP contribution in [0.2, 0.25) is 0 Å². The molecule has 1 atom stereocenters. The minimum absolute atomic E-state index is 0.0309. The fourth-order valence-corrected chi connectivity index (χ4v) is 3.01. The summed E-state index contributed by atoms with van der Waals surface area (Å²) in [6, 6.07) is 1.52. The smallest absolute Gasteiger partial charge is 0.492 e. The Hall–Kier alpha value is -2.78. The molecule has 3 rings (SSSR count). The Morgan fingerprint density at radius 1 is 1.24 bits per heavy atom. The van der Waals surface area contributed by atoms with E-state index in [9.17, 15) is 27.6 Å². The van der Waals surface area contributed by atoms with Gasteiger partial charge in [-0.3, -0.25) is 19.7 Å². The highest BCUT2D eigenvalue weighted by Crippen LogP contribution is 2.41. The zero-order valence-corrected chi connectivity index (χ0v) is 13.0. The van der Waals surface area contributed by atoms with Gasteiger partial charge in [0.15, 0.2) is 11.5 Å². The molecule has 1 aromatic rings. The van der Waals surface area contributed by atoms with Crippen LogP contribution in [-0.2, 0) is 16.1 Å². The number of fused-ring (bicyclic) bond motifs is 1. The van der Waals surface area contributed by atoms with E-state index in [1.165, 1.54) is 11.0 Å². The van der Waals surface area contributed by atoms with Crippen molar-refractivity contribution in [3.8, 4) is 11.5 Å². The molecule has 2 aliphatic rings. The van der Waals surface area contributed by atoms with Crippen molar-refractivity contribution >= 4 is 17.7 Å². The molecule has 0 aliphatic carbocycles. The molecule has 1 saturated heterocycles. The summed E-state index contributed by atoms with van der Waals surface area (Å²) in [5.74, 6) is -2.65. The number of hydrogen-bond acceptors (Lipinski definition) is 5. The predicted molar refractivity (Wildman–Crippen MR) is 75.7 cm³/mol. The number of hydrogen-bond donors (Lipinski definition) is 1. The van der Waals surface area contributed by atoms with Crippen LogP contribution in [0.4, 0.5) is 13.2 Å². The normalized spacial score (nSPS) is 20.4. The number of methoxy groups -OCH3 is 1. The molecular formula is C15H13F3N2O5. The molecule has 0 aromatic heterocycles. The fraction of sp³-hybridized carbons (Fsp3) is 0.400. The number of carbonyl (C=O) groups is 3. The van der Waals surface area contributed by atoms with E-state index < -0.39 is 35.9 Å². The molecule has 0 radical (unpaired) electrons. The first-order chi connectivity index (χ1) is 11.7. The highest BCUT2D eigenvalue weighted by molar-refractivity contribution is 6.06. The first kappa shape index (κ1) is 17.1. The largest absolute Gasteiger partial charge is 0.573 e. The van der Waals surface area contributed by atoms with Gasteiger partial charge in [0.2, 0.25) is 11.8 Å². The average Bonchev–Trinajstić information content (AvgIpc) is 2.83. The van der Waals surface area contributed by atoms with Crippen molar-refractivity contribution in [2.24, 2.45) is 0 Å². The Labute approximate surface area is 139 Å². The van der Waals surface area contributed by atoms with Gasteiger partial charge in [0.05, 0.1) is 12.7 Å². The summed E-state index contributed by atoms with van der Waals surface area (Å²) in [6.45, 7) is 0.0309. The molecule has 0 saturated carbocycles. The van der Waals surface area contributed by atoms with Crippen LogP contribution in [0.25, 0.3) is 0 Å². The Morgan fingerprint density at radius 2 is 1.96 bits per heavy atom. The van der Waals surface area contributed by atoms with Gasteiger partial charge in [0.25, 0.3) is 5.91 Å². The fourth-order valence-electron chi connectivity index (χ4n) is 3.01. The molecule has 3 amide bonds. The van der Waals surface area contributed by atoms with Crippen molar-refractivity contribution < 1.29 is 37.0 Å². The molecule has 2 heterocycles. The van der Waals surface area contributed by atoms with Gasteiger partial charge in [-0.15, -0.1) is 13.2 Å². The molecule has 0 spiro atoms. The summed E-state index contributed by atoms with van der Waals surface area (Å²) >= 11 is 0. The molecule has 0 bridgehead atoms. The number of alkyl halides is 3. The number of amides is 3. The second-order valence-corrected chi connectivity index (χ2v) is 5.58. The van der Waals surface area contributed by atoms with Gasteiger partial charge in [-0.1, -0.05) is 6.07 Å². The van der Waals surface area contributed by atoms with Crippen LogP contribution in [0.5, 0.6) is 11.5 Å². The van der Waals surface area contributed by atoms with Gasteiger partial charge in [0, 0.05) is 13.0 Å². The van der Waals surface area contributed by atoms with E-state index in [1.807, 2.05) is 0 Å².